The molecular weight excluding hydrogens is 312 g/mol. The topological polar surface area (TPSA) is 72.8 Å². The number of H-pyrrole nitrogens is 1. The highest BCUT2D eigenvalue weighted by Gasteiger charge is 2.25. The third kappa shape index (κ3) is 2.68. The smallest absolute Gasteiger partial charge is 0.254 e. The van der Waals surface area contributed by atoms with Crippen LogP contribution in [0.25, 0.3) is 11.1 Å². The molecule has 0 saturated carbocycles. The molecule has 1 amide bonds. The van der Waals surface area contributed by atoms with Gasteiger partial charge in [-0.25, -0.2) is 0 Å². The third-order valence-corrected chi connectivity index (χ3v) is 4.58. The number of fused-ring (bicyclic) bond motifs is 1. The van der Waals surface area contributed by atoms with E-state index < -0.39 is 0 Å². The van der Waals surface area contributed by atoms with Crippen LogP contribution in [0.5, 0.6) is 0 Å². The van der Waals surface area contributed by atoms with E-state index in [9.17, 15) is 10.1 Å². The summed E-state index contributed by atoms with van der Waals surface area (Å²) in [5.41, 5.74) is 4.94. The largest absolute Gasteiger partial charge is 0.334 e. The minimum atomic E-state index is -0.0183. The molecule has 5 heteroatoms. The molecule has 5 nitrogen and oxygen atoms in total. The van der Waals surface area contributed by atoms with E-state index in [1.54, 1.807) is 12.3 Å². The highest BCUT2D eigenvalue weighted by molar-refractivity contribution is 6.01. The van der Waals surface area contributed by atoms with Crippen LogP contribution in [0.15, 0.2) is 54.7 Å². The molecule has 1 N–H and O–H groups in total. The Morgan fingerprint density at radius 3 is 2.72 bits per heavy atom. The van der Waals surface area contributed by atoms with Gasteiger partial charge in [0.05, 0.1) is 17.8 Å². The second-order valence-electron chi connectivity index (χ2n) is 6.05. The lowest BCUT2D eigenvalue weighted by molar-refractivity contribution is 0.0735. The second kappa shape index (κ2) is 6.25. The molecule has 3 aromatic rings. The van der Waals surface area contributed by atoms with Crippen LogP contribution < -0.4 is 0 Å². The van der Waals surface area contributed by atoms with Gasteiger partial charge in [-0.3, -0.25) is 9.89 Å². The molecule has 2 aromatic carbocycles. The summed E-state index contributed by atoms with van der Waals surface area (Å²) in [7, 11) is 0. The van der Waals surface area contributed by atoms with Crippen LogP contribution in [0.3, 0.4) is 0 Å². The van der Waals surface area contributed by atoms with Crippen molar-refractivity contribution < 1.29 is 4.79 Å². The van der Waals surface area contributed by atoms with E-state index >= 15 is 0 Å². The first-order valence-corrected chi connectivity index (χ1v) is 8.17. The number of nitriles is 1. The number of aromatic nitrogens is 2. The van der Waals surface area contributed by atoms with Crippen molar-refractivity contribution in [3.8, 4) is 17.2 Å². The predicted molar refractivity (Wildman–Crippen MR) is 93.6 cm³/mol. The van der Waals surface area contributed by atoms with Crippen LogP contribution in [-0.4, -0.2) is 27.5 Å². The standard InChI is InChI=1S/C20H16N4O/c21-11-14-5-1-2-6-16(14)17-7-3-4-8-18(17)20(25)24-10-9-19-15(13-24)12-22-23-19/h1-8,12H,9-10,13H2,(H,22,23). The number of carbonyl (C=O) groups is 1. The first-order chi connectivity index (χ1) is 12.3. The number of rotatable bonds is 2. The molecule has 122 valence electrons. The lowest BCUT2D eigenvalue weighted by Gasteiger charge is -2.27. The van der Waals surface area contributed by atoms with E-state index in [2.05, 4.69) is 16.3 Å². The molecule has 0 atom stereocenters. The number of amides is 1. The van der Waals surface area contributed by atoms with Crippen molar-refractivity contribution in [2.75, 3.05) is 6.54 Å². The number of hydrogen-bond donors (Lipinski definition) is 1. The van der Waals surface area contributed by atoms with Crippen LogP contribution in [-0.2, 0) is 13.0 Å². The van der Waals surface area contributed by atoms with Gasteiger partial charge in [-0.05, 0) is 17.7 Å². The average molecular weight is 328 g/mol. The zero-order valence-corrected chi connectivity index (χ0v) is 13.6. The van der Waals surface area contributed by atoms with Gasteiger partial charge in [0.2, 0.25) is 0 Å². The normalized spacial score (nSPS) is 13.2. The van der Waals surface area contributed by atoms with Gasteiger partial charge in [-0.1, -0.05) is 36.4 Å². The Morgan fingerprint density at radius 2 is 1.88 bits per heavy atom. The number of aromatic amines is 1. The van der Waals surface area contributed by atoms with E-state index in [1.165, 1.54) is 0 Å². The van der Waals surface area contributed by atoms with Crippen molar-refractivity contribution in [1.82, 2.24) is 15.1 Å². The van der Waals surface area contributed by atoms with Crippen LogP contribution >= 0.6 is 0 Å². The lowest BCUT2D eigenvalue weighted by atomic mass is 9.94. The van der Waals surface area contributed by atoms with E-state index in [-0.39, 0.29) is 5.91 Å². The van der Waals surface area contributed by atoms with E-state index in [0.29, 0.717) is 24.2 Å². The quantitative estimate of drug-likeness (QED) is 0.785. The fourth-order valence-corrected chi connectivity index (χ4v) is 3.29. The Balaban J connectivity index is 1.72. The summed E-state index contributed by atoms with van der Waals surface area (Å²) in [6.07, 6.45) is 2.56. The van der Waals surface area contributed by atoms with Crippen molar-refractivity contribution in [3.63, 3.8) is 0 Å². The summed E-state index contributed by atoms with van der Waals surface area (Å²) >= 11 is 0. The Labute approximate surface area is 145 Å². The summed E-state index contributed by atoms with van der Waals surface area (Å²) in [5.74, 6) is -0.0183. The molecular formula is C20H16N4O. The maximum atomic E-state index is 13.1. The number of carbonyl (C=O) groups excluding carboxylic acids is 1. The van der Waals surface area contributed by atoms with Crippen LogP contribution in [0.2, 0.25) is 0 Å². The summed E-state index contributed by atoms with van der Waals surface area (Å²) in [6.45, 7) is 1.21. The van der Waals surface area contributed by atoms with Crippen LogP contribution in [0.1, 0.15) is 27.2 Å². The molecule has 0 radical (unpaired) electrons. The van der Waals surface area contributed by atoms with Crippen molar-refractivity contribution in [2.24, 2.45) is 0 Å². The number of nitrogens with zero attached hydrogens (tertiary/aromatic N) is 3. The molecule has 0 fully saturated rings. The summed E-state index contributed by atoms with van der Waals surface area (Å²) in [4.78, 5) is 15.0. The molecule has 0 bridgehead atoms. The molecule has 4 rings (SSSR count). The van der Waals surface area contributed by atoms with Gasteiger partial charge in [0, 0.05) is 41.9 Å². The SMILES string of the molecule is N#Cc1ccccc1-c1ccccc1C(=O)N1CCc2[nH]ncc2C1. The summed E-state index contributed by atoms with van der Waals surface area (Å²) < 4.78 is 0. The van der Waals surface area contributed by atoms with Gasteiger partial charge in [0.25, 0.3) is 5.91 Å². The van der Waals surface area contributed by atoms with Gasteiger partial charge in [0.1, 0.15) is 0 Å². The Morgan fingerprint density at radius 1 is 1.12 bits per heavy atom. The first-order valence-electron chi connectivity index (χ1n) is 8.17. The van der Waals surface area contributed by atoms with Crippen molar-refractivity contribution in [3.05, 3.63) is 77.1 Å². The molecule has 0 unspecified atom stereocenters. The Hall–Kier alpha value is -3.39. The highest BCUT2D eigenvalue weighted by Crippen LogP contribution is 2.29. The maximum Gasteiger partial charge on any atom is 0.254 e. The second-order valence-corrected chi connectivity index (χ2v) is 6.05. The zero-order valence-electron chi connectivity index (χ0n) is 13.6. The Bertz CT molecular complexity index is 983. The molecule has 25 heavy (non-hydrogen) atoms. The minimum absolute atomic E-state index is 0.0183. The summed E-state index contributed by atoms with van der Waals surface area (Å²) in [6, 6.07) is 17.1. The van der Waals surface area contributed by atoms with Crippen LogP contribution in [0, 0.1) is 11.3 Å². The zero-order chi connectivity index (χ0) is 17.2. The third-order valence-electron chi connectivity index (χ3n) is 4.58. The van der Waals surface area contributed by atoms with Gasteiger partial charge in [0.15, 0.2) is 0 Å². The average Bonchev–Trinajstić information content (AvgIpc) is 3.15. The fraction of sp³-hybridized carbons (Fsp3) is 0.150. The Kier molecular flexibility index (Phi) is 3.79. The molecule has 1 aliphatic rings. The first kappa shape index (κ1) is 15.2. The maximum absolute atomic E-state index is 13.1. The van der Waals surface area contributed by atoms with E-state index in [1.807, 2.05) is 47.4 Å². The number of hydrogen-bond acceptors (Lipinski definition) is 3. The number of nitrogens with one attached hydrogen (secondary N) is 1. The van der Waals surface area contributed by atoms with E-state index in [0.717, 1.165) is 28.8 Å². The molecule has 1 aromatic heterocycles. The van der Waals surface area contributed by atoms with Crippen molar-refractivity contribution in [1.29, 1.82) is 5.26 Å². The van der Waals surface area contributed by atoms with Gasteiger partial charge in [-0.2, -0.15) is 10.4 Å². The van der Waals surface area contributed by atoms with Crippen molar-refractivity contribution in [2.45, 2.75) is 13.0 Å². The van der Waals surface area contributed by atoms with Gasteiger partial charge in [-0.15, -0.1) is 0 Å². The van der Waals surface area contributed by atoms with Gasteiger partial charge < -0.3 is 4.90 Å². The number of benzene rings is 2. The summed E-state index contributed by atoms with van der Waals surface area (Å²) in [5, 5.41) is 16.4. The van der Waals surface area contributed by atoms with Gasteiger partial charge >= 0.3 is 0 Å². The molecule has 2 heterocycles. The minimum Gasteiger partial charge on any atom is -0.334 e. The predicted octanol–water partition coefficient (Wildman–Crippen LogP) is 3.15. The van der Waals surface area contributed by atoms with Crippen molar-refractivity contribution >= 4 is 5.91 Å². The molecule has 1 aliphatic heterocycles. The highest BCUT2D eigenvalue weighted by atomic mass is 16.2. The van der Waals surface area contributed by atoms with E-state index in [4.69, 9.17) is 0 Å². The lowest BCUT2D eigenvalue weighted by Crippen LogP contribution is -2.36. The molecule has 0 spiro atoms. The fourth-order valence-electron chi connectivity index (χ4n) is 3.29. The monoisotopic (exact) mass is 328 g/mol. The van der Waals surface area contributed by atoms with Crippen LogP contribution in [0.4, 0.5) is 0 Å². The molecule has 0 aliphatic carbocycles. The molecule has 0 saturated heterocycles.